The highest BCUT2D eigenvalue weighted by Crippen LogP contribution is 2.16. The summed E-state index contributed by atoms with van der Waals surface area (Å²) in [5.74, 6) is -0.0881. The van der Waals surface area contributed by atoms with Crippen molar-refractivity contribution in [2.45, 2.75) is 13.0 Å². The van der Waals surface area contributed by atoms with Crippen LogP contribution >= 0.6 is 11.6 Å². The molecule has 0 aliphatic heterocycles. The Kier molecular flexibility index (Phi) is 6.33. The van der Waals surface area contributed by atoms with Crippen LogP contribution in [0.5, 0.6) is 0 Å². The third kappa shape index (κ3) is 5.24. The second kappa shape index (κ2) is 9.09. The Morgan fingerprint density at radius 3 is 2.44 bits per heavy atom. The van der Waals surface area contributed by atoms with Crippen LogP contribution in [0.4, 0.5) is 10.2 Å². The molecule has 1 amide bonds. The summed E-state index contributed by atoms with van der Waals surface area (Å²) in [5, 5.41) is 6.49. The van der Waals surface area contributed by atoms with Gasteiger partial charge in [0, 0.05) is 18.1 Å². The van der Waals surface area contributed by atoms with Crippen LogP contribution in [0.2, 0.25) is 5.02 Å². The van der Waals surface area contributed by atoms with Gasteiger partial charge in [0.1, 0.15) is 17.3 Å². The molecule has 0 aliphatic carbocycles. The van der Waals surface area contributed by atoms with E-state index >= 15 is 0 Å². The predicted molar refractivity (Wildman–Crippen MR) is 103 cm³/mol. The third-order valence-corrected chi connectivity index (χ3v) is 4.31. The summed E-state index contributed by atoms with van der Waals surface area (Å²) in [4.78, 5) is 20.4. The standard InChI is InChI=1S/C20H18ClFN4O/c21-16-7-3-1-6-15(16)11-25-19-13-24-18(12-26-19)20(27)23-10-9-14-5-2-4-8-17(14)22/h1-8,12-13H,9-11H2,(H,23,27)(H,25,26). The number of carbonyl (C=O) groups is 1. The highest BCUT2D eigenvalue weighted by molar-refractivity contribution is 6.31. The normalized spacial score (nSPS) is 10.4. The zero-order chi connectivity index (χ0) is 19.1. The Morgan fingerprint density at radius 2 is 1.74 bits per heavy atom. The van der Waals surface area contributed by atoms with Gasteiger partial charge in [0.2, 0.25) is 0 Å². The maximum absolute atomic E-state index is 13.6. The smallest absolute Gasteiger partial charge is 0.271 e. The lowest BCUT2D eigenvalue weighted by Crippen LogP contribution is -2.27. The van der Waals surface area contributed by atoms with Crippen molar-refractivity contribution in [2.24, 2.45) is 0 Å². The molecule has 2 N–H and O–H groups in total. The quantitative estimate of drug-likeness (QED) is 0.649. The van der Waals surface area contributed by atoms with Crippen molar-refractivity contribution < 1.29 is 9.18 Å². The number of anilines is 1. The summed E-state index contributed by atoms with van der Waals surface area (Å²) < 4.78 is 13.6. The minimum absolute atomic E-state index is 0.201. The molecule has 0 saturated heterocycles. The number of benzene rings is 2. The number of amides is 1. The number of nitrogens with one attached hydrogen (secondary N) is 2. The zero-order valence-corrected chi connectivity index (χ0v) is 15.2. The average molecular weight is 385 g/mol. The summed E-state index contributed by atoms with van der Waals surface area (Å²) >= 11 is 6.11. The monoisotopic (exact) mass is 384 g/mol. The third-order valence-electron chi connectivity index (χ3n) is 3.94. The lowest BCUT2D eigenvalue weighted by molar-refractivity contribution is 0.0948. The van der Waals surface area contributed by atoms with E-state index in [0.717, 1.165) is 5.56 Å². The van der Waals surface area contributed by atoms with Crippen LogP contribution in [0.3, 0.4) is 0 Å². The molecule has 5 nitrogen and oxygen atoms in total. The van der Waals surface area contributed by atoms with Gasteiger partial charge < -0.3 is 10.6 Å². The second-order valence-electron chi connectivity index (χ2n) is 5.83. The van der Waals surface area contributed by atoms with Crippen molar-refractivity contribution in [1.29, 1.82) is 0 Å². The largest absolute Gasteiger partial charge is 0.365 e. The molecule has 138 valence electrons. The van der Waals surface area contributed by atoms with Crippen LogP contribution in [-0.2, 0) is 13.0 Å². The molecule has 2 aromatic carbocycles. The van der Waals surface area contributed by atoms with E-state index in [-0.39, 0.29) is 17.4 Å². The van der Waals surface area contributed by atoms with E-state index in [4.69, 9.17) is 11.6 Å². The Morgan fingerprint density at radius 1 is 1.00 bits per heavy atom. The van der Waals surface area contributed by atoms with Crippen LogP contribution in [-0.4, -0.2) is 22.4 Å². The first-order valence-corrected chi connectivity index (χ1v) is 8.82. The molecule has 27 heavy (non-hydrogen) atoms. The molecule has 0 atom stereocenters. The van der Waals surface area contributed by atoms with Gasteiger partial charge >= 0.3 is 0 Å². The first kappa shape index (κ1) is 18.8. The predicted octanol–water partition coefficient (Wildman–Crippen LogP) is 3.85. The SMILES string of the molecule is O=C(NCCc1ccccc1F)c1cnc(NCc2ccccc2Cl)cn1. The summed E-state index contributed by atoms with van der Waals surface area (Å²) in [6.07, 6.45) is 3.29. The van der Waals surface area contributed by atoms with Gasteiger partial charge in [-0.3, -0.25) is 4.79 Å². The van der Waals surface area contributed by atoms with E-state index < -0.39 is 0 Å². The summed E-state index contributed by atoms with van der Waals surface area (Å²) in [6, 6.07) is 14.0. The fraction of sp³-hybridized carbons (Fsp3) is 0.150. The van der Waals surface area contributed by atoms with Crippen LogP contribution < -0.4 is 10.6 Å². The van der Waals surface area contributed by atoms with Crippen molar-refractivity contribution in [3.63, 3.8) is 0 Å². The number of hydrogen-bond donors (Lipinski definition) is 2. The molecule has 3 rings (SSSR count). The van der Waals surface area contributed by atoms with Gasteiger partial charge in [0.25, 0.3) is 5.91 Å². The van der Waals surface area contributed by atoms with E-state index in [2.05, 4.69) is 20.6 Å². The minimum atomic E-state index is -0.350. The van der Waals surface area contributed by atoms with Crippen LogP contribution in [0.1, 0.15) is 21.6 Å². The van der Waals surface area contributed by atoms with Gasteiger partial charge in [-0.1, -0.05) is 48.0 Å². The van der Waals surface area contributed by atoms with Crippen LogP contribution in [0, 0.1) is 5.82 Å². The maximum atomic E-state index is 13.6. The first-order valence-electron chi connectivity index (χ1n) is 8.44. The number of rotatable bonds is 7. The molecular formula is C20H18ClFN4O. The van der Waals surface area contributed by atoms with E-state index in [0.29, 0.717) is 35.9 Å². The summed E-state index contributed by atoms with van der Waals surface area (Å²) in [7, 11) is 0. The fourth-order valence-corrected chi connectivity index (χ4v) is 2.67. The number of nitrogens with zero attached hydrogens (tertiary/aromatic N) is 2. The van der Waals surface area contributed by atoms with Crippen molar-refractivity contribution in [2.75, 3.05) is 11.9 Å². The number of carbonyl (C=O) groups excluding carboxylic acids is 1. The highest BCUT2D eigenvalue weighted by atomic mass is 35.5. The van der Waals surface area contributed by atoms with Gasteiger partial charge in [0.05, 0.1) is 12.4 Å². The summed E-state index contributed by atoms with van der Waals surface area (Å²) in [6.45, 7) is 0.816. The molecular weight excluding hydrogens is 367 g/mol. The molecule has 1 aromatic heterocycles. The number of aromatic nitrogens is 2. The van der Waals surface area contributed by atoms with E-state index in [1.807, 2.05) is 24.3 Å². The Bertz CT molecular complexity index is 918. The zero-order valence-electron chi connectivity index (χ0n) is 14.5. The fourth-order valence-electron chi connectivity index (χ4n) is 2.47. The number of halogens is 2. The minimum Gasteiger partial charge on any atom is -0.365 e. The molecule has 1 heterocycles. The molecule has 7 heteroatoms. The molecule has 0 radical (unpaired) electrons. The summed E-state index contributed by atoms with van der Waals surface area (Å²) in [5.41, 5.74) is 1.70. The highest BCUT2D eigenvalue weighted by Gasteiger charge is 2.09. The van der Waals surface area contributed by atoms with Crippen molar-refractivity contribution >= 4 is 23.3 Å². The van der Waals surface area contributed by atoms with Gasteiger partial charge in [-0.2, -0.15) is 0 Å². The lowest BCUT2D eigenvalue weighted by atomic mass is 10.1. The molecule has 0 unspecified atom stereocenters. The topological polar surface area (TPSA) is 66.9 Å². The van der Waals surface area contributed by atoms with Gasteiger partial charge in [-0.15, -0.1) is 0 Å². The second-order valence-corrected chi connectivity index (χ2v) is 6.24. The maximum Gasteiger partial charge on any atom is 0.271 e. The Labute approximate surface area is 161 Å². The molecule has 0 bridgehead atoms. The van der Waals surface area contributed by atoms with E-state index in [1.54, 1.807) is 18.2 Å². The molecule has 0 aliphatic rings. The first-order chi connectivity index (χ1) is 13.1. The van der Waals surface area contributed by atoms with Crippen LogP contribution in [0.25, 0.3) is 0 Å². The Hall–Kier alpha value is -2.99. The van der Waals surface area contributed by atoms with Gasteiger partial charge in [-0.05, 0) is 29.7 Å². The number of hydrogen-bond acceptors (Lipinski definition) is 4. The van der Waals surface area contributed by atoms with E-state index in [9.17, 15) is 9.18 Å². The molecule has 3 aromatic rings. The van der Waals surface area contributed by atoms with Crippen LogP contribution in [0.15, 0.2) is 60.9 Å². The average Bonchev–Trinajstić information content (AvgIpc) is 2.69. The Balaban J connectivity index is 1.50. The lowest BCUT2D eigenvalue weighted by Gasteiger charge is -2.08. The van der Waals surface area contributed by atoms with Crippen molar-refractivity contribution in [3.8, 4) is 0 Å². The van der Waals surface area contributed by atoms with Gasteiger partial charge in [0.15, 0.2) is 0 Å². The van der Waals surface area contributed by atoms with Gasteiger partial charge in [-0.25, -0.2) is 14.4 Å². The van der Waals surface area contributed by atoms with Crippen molar-refractivity contribution in [1.82, 2.24) is 15.3 Å². The van der Waals surface area contributed by atoms with Crippen molar-refractivity contribution in [3.05, 3.63) is 88.6 Å². The molecule has 0 saturated carbocycles. The van der Waals surface area contributed by atoms with E-state index in [1.165, 1.54) is 18.5 Å². The molecule has 0 spiro atoms. The molecule has 0 fully saturated rings.